The second-order valence-corrected chi connectivity index (χ2v) is 6.27. The number of nitrogens with zero attached hydrogens (tertiary/aromatic N) is 4. The molecule has 0 bridgehead atoms. The monoisotopic (exact) mass is 339 g/mol. The Hall–Kier alpha value is -2.80. The largest absolute Gasteiger partial charge is 0.348 e. The summed E-state index contributed by atoms with van der Waals surface area (Å²) in [4.78, 5) is 20.2. The first-order chi connectivity index (χ1) is 11.7. The summed E-state index contributed by atoms with van der Waals surface area (Å²) < 4.78 is 1.76. The van der Waals surface area contributed by atoms with Crippen molar-refractivity contribution in [3.8, 4) is 0 Å². The van der Waals surface area contributed by atoms with Crippen LogP contribution in [0.5, 0.6) is 0 Å². The molecule has 7 heteroatoms. The van der Waals surface area contributed by atoms with Crippen LogP contribution >= 0.6 is 11.3 Å². The molecule has 0 aliphatic rings. The van der Waals surface area contributed by atoms with Gasteiger partial charge < -0.3 is 5.32 Å². The van der Waals surface area contributed by atoms with Crippen LogP contribution in [0.3, 0.4) is 0 Å². The summed E-state index contributed by atoms with van der Waals surface area (Å²) in [5.74, 6) is -0.142. The third-order valence-electron chi connectivity index (χ3n) is 3.41. The molecule has 122 valence electrons. The lowest BCUT2D eigenvalue weighted by atomic mass is 10.1. The van der Waals surface area contributed by atoms with Crippen molar-refractivity contribution in [1.82, 2.24) is 25.1 Å². The number of benzene rings is 1. The smallest absolute Gasteiger partial charge is 0.244 e. The van der Waals surface area contributed by atoms with Gasteiger partial charge in [-0.25, -0.2) is 14.6 Å². The number of aryl methyl sites for hydroxylation is 1. The van der Waals surface area contributed by atoms with Gasteiger partial charge >= 0.3 is 0 Å². The van der Waals surface area contributed by atoms with E-state index in [-0.39, 0.29) is 5.91 Å². The van der Waals surface area contributed by atoms with Crippen molar-refractivity contribution in [3.05, 3.63) is 70.2 Å². The average molecular weight is 339 g/mol. The Morgan fingerprint density at radius 1 is 1.33 bits per heavy atom. The molecule has 1 amide bonds. The number of carbonyl (C=O) groups is 1. The maximum atomic E-state index is 12.0. The van der Waals surface area contributed by atoms with Gasteiger partial charge in [-0.05, 0) is 24.1 Å². The third-order valence-corrected chi connectivity index (χ3v) is 4.20. The van der Waals surface area contributed by atoms with E-state index in [9.17, 15) is 4.79 Å². The Morgan fingerprint density at radius 2 is 2.17 bits per heavy atom. The highest BCUT2D eigenvalue weighted by Crippen LogP contribution is 2.11. The van der Waals surface area contributed by atoms with Crippen LogP contribution in [0.15, 0.2) is 48.4 Å². The summed E-state index contributed by atoms with van der Waals surface area (Å²) in [6.45, 7) is 3.03. The third kappa shape index (κ3) is 4.36. The molecular formula is C17H17N5OS. The van der Waals surface area contributed by atoms with Gasteiger partial charge in [-0.2, -0.15) is 5.10 Å². The molecule has 0 aliphatic heterocycles. The molecule has 0 spiro atoms. The van der Waals surface area contributed by atoms with E-state index >= 15 is 0 Å². The Kier molecular flexibility index (Phi) is 5.12. The number of thiazole rings is 1. The van der Waals surface area contributed by atoms with E-state index in [2.05, 4.69) is 20.4 Å². The molecule has 0 saturated carbocycles. The standard InChI is InChI=1S/C17H17N5OS/c1-13-21-16(10-24-13)6-7-17(23)19-8-14-4-2-3-5-15(14)9-22-12-18-11-20-22/h2-7,10-12H,8-9H2,1H3,(H,19,23). The second-order valence-electron chi connectivity index (χ2n) is 5.20. The maximum Gasteiger partial charge on any atom is 0.244 e. The number of hydrogen-bond donors (Lipinski definition) is 1. The quantitative estimate of drug-likeness (QED) is 0.700. The molecule has 1 aromatic carbocycles. The van der Waals surface area contributed by atoms with E-state index < -0.39 is 0 Å². The minimum Gasteiger partial charge on any atom is -0.348 e. The fourth-order valence-corrected chi connectivity index (χ4v) is 2.81. The number of aromatic nitrogens is 4. The minimum atomic E-state index is -0.142. The van der Waals surface area contributed by atoms with Crippen molar-refractivity contribution >= 4 is 23.3 Å². The highest BCUT2D eigenvalue weighted by atomic mass is 32.1. The molecule has 3 rings (SSSR count). The lowest BCUT2D eigenvalue weighted by Gasteiger charge is -2.09. The molecule has 24 heavy (non-hydrogen) atoms. The lowest BCUT2D eigenvalue weighted by Crippen LogP contribution is -2.21. The van der Waals surface area contributed by atoms with Crippen LogP contribution in [-0.4, -0.2) is 25.7 Å². The Bertz CT molecular complexity index is 838. The van der Waals surface area contributed by atoms with Gasteiger partial charge in [-0.15, -0.1) is 11.3 Å². The molecule has 0 aliphatic carbocycles. The van der Waals surface area contributed by atoms with Gasteiger partial charge in [0.1, 0.15) is 12.7 Å². The summed E-state index contributed by atoms with van der Waals surface area (Å²) in [6.07, 6.45) is 6.41. The molecule has 0 fully saturated rings. The molecular weight excluding hydrogens is 322 g/mol. The molecule has 0 unspecified atom stereocenters. The van der Waals surface area contributed by atoms with E-state index in [4.69, 9.17) is 0 Å². The van der Waals surface area contributed by atoms with Crippen molar-refractivity contribution < 1.29 is 4.79 Å². The van der Waals surface area contributed by atoms with Gasteiger partial charge in [0.25, 0.3) is 0 Å². The molecule has 2 heterocycles. The van der Waals surface area contributed by atoms with Gasteiger partial charge in [0, 0.05) is 18.0 Å². The Balaban J connectivity index is 1.60. The summed E-state index contributed by atoms with van der Waals surface area (Å²) in [5, 5.41) is 9.92. The van der Waals surface area contributed by atoms with Crippen LogP contribution in [0.1, 0.15) is 21.8 Å². The van der Waals surface area contributed by atoms with Gasteiger partial charge in [0.05, 0.1) is 17.2 Å². The van der Waals surface area contributed by atoms with Crippen molar-refractivity contribution in [1.29, 1.82) is 0 Å². The predicted molar refractivity (Wildman–Crippen MR) is 93.3 cm³/mol. The van der Waals surface area contributed by atoms with Crippen LogP contribution in [0.4, 0.5) is 0 Å². The summed E-state index contributed by atoms with van der Waals surface area (Å²) in [7, 11) is 0. The fourth-order valence-electron chi connectivity index (χ4n) is 2.23. The molecule has 0 radical (unpaired) electrons. The van der Waals surface area contributed by atoms with Gasteiger partial charge in [0.15, 0.2) is 0 Å². The number of hydrogen-bond acceptors (Lipinski definition) is 5. The topological polar surface area (TPSA) is 72.7 Å². The molecule has 3 aromatic rings. The predicted octanol–water partition coefficient (Wildman–Crippen LogP) is 2.42. The minimum absolute atomic E-state index is 0.142. The van der Waals surface area contributed by atoms with Crippen molar-refractivity contribution in [2.45, 2.75) is 20.0 Å². The first-order valence-corrected chi connectivity index (χ1v) is 8.36. The van der Waals surface area contributed by atoms with Gasteiger partial charge in [0.2, 0.25) is 5.91 Å². The van der Waals surface area contributed by atoms with Crippen molar-refractivity contribution in [2.24, 2.45) is 0 Å². The van der Waals surface area contributed by atoms with E-state index in [1.807, 2.05) is 36.6 Å². The number of carbonyl (C=O) groups excluding carboxylic acids is 1. The van der Waals surface area contributed by atoms with Crippen LogP contribution in [0.25, 0.3) is 6.08 Å². The van der Waals surface area contributed by atoms with Gasteiger partial charge in [-0.1, -0.05) is 24.3 Å². The van der Waals surface area contributed by atoms with E-state index in [0.29, 0.717) is 13.1 Å². The first-order valence-electron chi connectivity index (χ1n) is 7.48. The van der Waals surface area contributed by atoms with Gasteiger partial charge in [-0.3, -0.25) is 4.79 Å². The Labute approximate surface area is 143 Å². The highest BCUT2D eigenvalue weighted by molar-refractivity contribution is 7.09. The lowest BCUT2D eigenvalue weighted by molar-refractivity contribution is -0.116. The van der Waals surface area contributed by atoms with Crippen LogP contribution in [0, 0.1) is 6.92 Å². The number of nitrogens with one attached hydrogen (secondary N) is 1. The average Bonchev–Trinajstić information content (AvgIpc) is 3.24. The second kappa shape index (κ2) is 7.65. The highest BCUT2D eigenvalue weighted by Gasteiger charge is 2.04. The molecule has 0 atom stereocenters. The Morgan fingerprint density at radius 3 is 2.88 bits per heavy atom. The van der Waals surface area contributed by atoms with E-state index in [1.54, 1.807) is 28.4 Å². The van der Waals surface area contributed by atoms with Crippen molar-refractivity contribution in [2.75, 3.05) is 0 Å². The SMILES string of the molecule is Cc1nc(C=CC(=O)NCc2ccccc2Cn2cncn2)cs1. The normalized spacial score (nSPS) is 11.0. The zero-order valence-electron chi connectivity index (χ0n) is 13.2. The molecule has 0 saturated heterocycles. The summed E-state index contributed by atoms with van der Waals surface area (Å²) in [6, 6.07) is 7.96. The first kappa shape index (κ1) is 16.1. The van der Waals surface area contributed by atoms with Crippen LogP contribution < -0.4 is 5.32 Å². The van der Waals surface area contributed by atoms with Crippen LogP contribution in [0.2, 0.25) is 0 Å². The van der Waals surface area contributed by atoms with E-state index in [1.165, 1.54) is 12.4 Å². The molecule has 2 aromatic heterocycles. The zero-order chi connectivity index (χ0) is 16.8. The summed E-state index contributed by atoms with van der Waals surface area (Å²) >= 11 is 1.56. The molecule has 6 nitrogen and oxygen atoms in total. The van der Waals surface area contributed by atoms with Crippen LogP contribution in [-0.2, 0) is 17.9 Å². The maximum absolute atomic E-state index is 12.0. The number of amides is 1. The zero-order valence-corrected chi connectivity index (χ0v) is 14.0. The van der Waals surface area contributed by atoms with E-state index in [0.717, 1.165) is 21.8 Å². The van der Waals surface area contributed by atoms with Crippen molar-refractivity contribution in [3.63, 3.8) is 0 Å². The fraction of sp³-hybridized carbons (Fsp3) is 0.176. The summed E-state index contributed by atoms with van der Waals surface area (Å²) in [5.41, 5.74) is 2.96. The number of rotatable bonds is 6. The molecule has 1 N–H and O–H groups in total.